The summed E-state index contributed by atoms with van der Waals surface area (Å²) in [4.78, 5) is 18.6. The van der Waals surface area contributed by atoms with Crippen LogP contribution in [-0.2, 0) is 4.79 Å². The fraction of sp³-hybridized carbons (Fsp3) is 0.444. The largest absolute Gasteiger partial charge is 0.511 e. The van der Waals surface area contributed by atoms with Crippen molar-refractivity contribution in [2.75, 3.05) is 27.2 Å². The van der Waals surface area contributed by atoms with Gasteiger partial charge in [-0.1, -0.05) is 24.3 Å². The van der Waals surface area contributed by atoms with E-state index in [2.05, 4.69) is 4.99 Å². The van der Waals surface area contributed by atoms with Gasteiger partial charge in [-0.3, -0.25) is 9.79 Å². The predicted molar refractivity (Wildman–Crippen MR) is 89.7 cm³/mol. The number of Topliss-reactive ketones (excluding diaryl/α,β-unsaturated/α-hetero) is 1. The van der Waals surface area contributed by atoms with Gasteiger partial charge in [0.1, 0.15) is 5.76 Å². The summed E-state index contributed by atoms with van der Waals surface area (Å²) in [5.41, 5.74) is 2.69. The molecule has 0 spiro atoms. The van der Waals surface area contributed by atoms with E-state index in [1.165, 1.54) is 6.21 Å². The summed E-state index contributed by atoms with van der Waals surface area (Å²) in [5, 5.41) is 10.2. The molecule has 1 aromatic carbocycles. The number of aryl methyl sites for hydroxylation is 1. The number of hydrogen-bond donors (Lipinski definition) is 1. The molecule has 1 aliphatic carbocycles. The van der Waals surface area contributed by atoms with Crippen molar-refractivity contribution >= 4 is 12.0 Å². The summed E-state index contributed by atoms with van der Waals surface area (Å²) < 4.78 is 0. The monoisotopic (exact) mass is 300 g/mol. The molecule has 2 rings (SSSR count). The van der Waals surface area contributed by atoms with Crippen molar-refractivity contribution < 1.29 is 9.90 Å². The highest BCUT2D eigenvalue weighted by Crippen LogP contribution is 2.34. The van der Waals surface area contributed by atoms with Gasteiger partial charge in [0.25, 0.3) is 0 Å². The molecule has 1 unspecified atom stereocenters. The number of allylic oxidation sites excluding steroid dienone is 2. The van der Waals surface area contributed by atoms with Crippen LogP contribution in [0.15, 0.2) is 40.6 Å². The average Bonchev–Trinajstić information content (AvgIpc) is 2.45. The van der Waals surface area contributed by atoms with E-state index < -0.39 is 0 Å². The zero-order chi connectivity index (χ0) is 16.1. The van der Waals surface area contributed by atoms with Gasteiger partial charge >= 0.3 is 0 Å². The SMILES string of the molecule is Cc1ccccc1C1CC(=O)C(C=NCCN(C)C)=C(O)C1. The molecular weight excluding hydrogens is 276 g/mol. The minimum absolute atomic E-state index is 0.0226. The molecule has 0 aliphatic heterocycles. The molecule has 0 amide bonds. The van der Waals surface area contributed by atoms with Crippen molar-refractivity contribution in [3.8, 4) is 0 Å². The van der Waals surface area contributed by atoms with Crippen molar-refractivity contribution in [1.82, 2.24) is 4.90 Å². The fourth-order valence-electron chi connectivity index (χ4n) is 2.74. The number of carbonyl (C=O) groups is 1. The van der Waals surface area contributed by atoms with Crippen molar-refractivity contribution in [2.24, 2.45) is 4.99 Å². The minimum atomic E-state index is -0.0226. The summed E-state index contributed by atoms with van der Waals surface area (Å²) in [6, 6.07) is 8.04. The van der Waals surface area contributed by atoms with Gasteiger partial charge in [-0.15, -0.1) is 0 Å². The number of carbonyl (C=O) groups excluding carboxylic acids is 1. The standard InChI is InChI=1S/C18H24N2O2/c1-13-6-4-5-7-15(13)14-10-17(21)16(18(22)11-14)12-19-8-9-20(2)3/h4-7,12,14,21H,8-11H2,1-3H3. The van der Waals surface area contributed by atoms with Gasteiger partial charge in [-0.05, 0) is 38.1 Å². The molecule has 1 N–H and O–H groups in total. The molecule has 0 heterocycles. The molecule has 1 aliphatic rings. The second kappa shape index (κ2) is 7.36. The number of aliphatic hydroxyl groups excluding tert-OH is 1. The second-order valence-corrected chi connectivity index (χ2v) is 6.08. The molecule has 22 heavy (non-hydrogen) atoms. The molecule has 0 saturated carbocycles. The lowest BCUT2D eigenvalue weighted by molar-refractivity contribution is -0.116. The van der Waals surface area contributed by atoms with Gasteiger partial charge in [0, 0.05) is 25.6 Å². The molecule has 1 atom stereocenters. The Labute approximate surface area is 132 Å². The van der Waals surface area contributed by atoms with E-state index >= 15 is 0 Å². The fourth-order valence-corrected chi connectivity index (χ4v) is 2.74. The van der Waals surface area contributed by atoms with Crippen LogP contribution in [0.2, 0.25) is 0 Å². The van der Waals surface area contributed by atoms with E-state index in [1.54, 1.807) is 0 Å². The van der Waals surface area contributed by atoms with Gasteiger partial charge in [0.2, 0.25) is 0 Å². The Morgan fingerprint density at radius 2 is 2.05 bits per heavy atom. The van der Waals surface area contributed by atoms with E-state index in [1.807, 2.05) is 50.2 Å². The predicted octanol–water partition coefficient (Wildman–Crippen LogP) is 2.89. The maximum absolute atomic E-state index is 12.3. The third-order valence-corrected chi connectivity index (χ3v) is 4.01. The molecule has 0 bridgehead atoms. The average molecular weight is 300 g/mol. The Morgan fingerprint density at radius 3 is 2.68 bits per heavy atom. The zero-order valence-electron chi connectivity index (χ0n) is 13.5. The summed E-state index contributed by atoms with van der Waals surface area (Å²) >= 11 is 0. The van der Waals surface area contributed by atoms with Crippen molar-refractivity contribution in [3.05, 3.63) is 46.7 Å². The Hall–Kier alpha value is -1.94. The summed E-state index contributed by atoms with van der Waals surface area (Å²) in [6.45, 7) is 3.49. The zero-order valence-corrected chi connectivity index (χ0v) is 13.5. The van der Waals surface area contributed by atoms with Crippen molar-refractivity contribution in [2.45, 2.75) is 25.7 Å². The topological polar surface area (TPSA) is 52.9 Å². The lowest BCUT2D eigenvalue weighted by Gasteiger charge is -2.23. The molecule has 4 heteroatoms. The van der Waals surface area contributed by atoms with Crippen LogP contribution in [0.3, 0.4) is 0 Å². The third kappa shape index (κ3) is 4.04. The second-order valence-electron chi connectivity index (χ2n) is 6.08. The van der Waals surface area contributed by atoms with Crippen LogP contribution in [0.4, 0.5) is 0 Å². The normalized spacial score (nSPS) is 19.5. The Morgan fingerprint density at radius 1 is 1.32 bits per heavy atom. The van der Waals surface area contributed by atoms with E-state index in [-0.39, 0.29) is 17.5 Å². The maximum atomic E-state index is 12.3. The van der Waals surface area contributed by atoms with Crippen LogP contribution in [-0.4, -0.2) is 49.2 Å². The minimum Gasteiger partial charge on any atom is -0.511 e. The number of ketones is 1. The first kappa shape index (κ1) is 16.4. The smallest absolute Gasteiger partial charge is 0.168 e. The number of aliphatic hydroxyl groups is 1. The molecule has 0 saturated heterocycles. The van der Waals surface area contributed by atoms with E-state index in [4.69, 9.17) is 0 Å². The molecule has 118 valence electrons. The third-order valence-electron chi connectivity index (χ3n) is 4.01. The number of rotatable bonds is 5. The van der Waals surface area contributed by atoms with Crippen LogP contribution in [0.1, 0.15) is 29.9 Å². The number of aliphatic imine (C=N–C) groups is 1. The molecule has 1 aromatic rings. The molecule has 4 nitrogen and oxygen atoms in total. The molecule has 0 radical (unpaired) electrons. The van der Waals surface area contributed by atoms with Crippen molar-refractivity contribution in [1.29, 1.82) is 0 Å². The molecule has 0 aromatic heterocycles. The van der Waals surface area contributed by atoms with Crippen molar-refractivity contribution in [3.63, 3.8) is 0 Å². The highest BCUT2D eigenvalue weighted by atomic mass is 16.3. The number of benzene rings is 1. The first-order valence-corrected chi connectivity index (χ1v) is 7.64. The van der Waals surface area contributed by atoms with Gasteiger partial charge in [0.05, 0.1) is 12.1 Å². The van der Waals surface area contributed by atoms with E-state index in [0.717, 1.165) is 17.7 Å². The summed E-state index contributed by atoms with van der Waals surface area (Å²) in [7, 11) is 3.95. The van der Waals surface area contributed by atoms with Crippen LogP contribution in [0.5, 0.6) is 0 Å². The Kier molecular flexibility index (Phi) is 5.50. The van der Waals surface area contributed by atoms with Gasteiger partial charge in [-0.25, -0.2) is 0 Å². The first-order chi connectivity index (χ1) is 10.5. The van der Waals surface area contributed by atoms with Gasteiger partial charge in [0.15, 0.2) is 5.78 Å². The summed E-state index contributed by atoms with van der Waals surface area (Å²) in [5.74, 6) is 0.205. The van der Waals surface area contributed by atoms with E-state index in [9.17, 15) is 9.90 Å². The number of hydrogen-bond acceptors (Lipinski definition) is 4. The Bertz CT molecular complexity index is 603. The van der Waals surface area contributed by atoms with E-state index in [0.29, 0.717) is 25.0 Å². The van der Waals surface area contributed by atoms with Crippen LogP contribution in [0, 0.1) is 6.92 Å². The maximum Gasteiger partial charge on any atom is 0.168 e. The highest BCUT2D eigenvalue weighted by molar-refractivity contribution is 6.14. The van der Waals surface area contributed by atoms with Crippen LogP contribution in [0.25, 0.3) is 0 Å². The lowest BCUT2D eigenvalue weighted by atomic mass is 9.81. The van der Waals surface area contributed by atoms with Crippen LogP contribution < -0.4 is 0 Å². The molecular formula is C18H24N2O2. The molecule has 0 fully saturated rings. The highest BCUT2D eigenvalue weighted by Gasteiger charge is 2.28. The number of likely N-dealkylation sites (N-methyl/N-ethyl adjacent to an activating group) is 1. The quantitative estimate of drug-likeness (QED) is 0.851. The first-order valence-electron chi connectivity index (χ1n) is 7.64. The Balaban J connectivity index is 2.11. The number of nitrogens with zero attached hydrogens (tertiary/aromatic N) is 2. The van der Waals surface area contributed by atoms with Gasteiger partial charge in [-0.2, -0.15) is 0 Å². The van der Waals surface area contributed by atoms with Crippen LogP contribution >= 0.6 is 0 Å². The lowest BCUT2D eigenvalue weighted by Crippen LogP contribution is -2.20. The summed E-state index contributed by atoms with van der Waals surface area (Å²) in [6.07, 6.45) is 2.48. The van der Waals surface area contributed by atoms with Gasteiger partial charge < -0.3 is 10.0 Å².